The maximum Gasteiger partial charge on any atom is 0.198 e. The topological polar surface area (TPSA) is 66.6 Å². The first-order valence-electron chi connectivity index (χ1n) is 7.18. The highest BCUT2D eigenvalue weighted by molar-refractivity contribution is 5.96. The average Bonchev–Trinajstić information content (AvgIpc) is 3.00. The van der Waals surface area contributed by atoms with E-state index in [2.05, 4.69) is 5.16 Å². The highest BCUT2D eigenvalue weighted by atomic mass is 16.5. The molecule has 0 bridgehead atoms. The molecule has 0 atom stereocenters. The second-order valence-electron chi connectivity index (χ2n) is 5.37. The molecule has 21 heavy (non-hydrogen) atoms. The highest BCUT2D eigenvalue weighted by Gasteiger charge is 2.21. The Morgan fingerprint density at radius 1 is 1.29 bits per heavy atom. The Hall–Kier alpha value is -1.98. The van der Waals surface area contributed by atoms with Gasteiger partial charge in [0, 0.05) is 24.7 Å². The first-order valence-corrected chi connectivity index (χ1v) is 7.18. The number of hydrogen-bond donors (Lipinski definition) is 1. The number of aliphatic hydroxyl groups is 1. The van der Waals surface area contributed by atoms with Crippen molar-refractivity contribution in [1.29, 1.82) is 0 Å². The van der Waals surface area contributed by atoms with Crippen molar-refractivity contribution in [3.05, 3.63) is 42.1 Å². The van der Waals surface area contributed by atoms with Gasteiger partial charge < -0.3 is 9.63 Å². The van der Waals surface area contributed by atoms with E-state index < -0.39 is 0 Å². The third kappa shape index (κ3) is 3.37. The number of ketones is 1. The van der Waals surface area contributed by atoms with E-state index in [1.165, 1.54) is 0 Å². The van der Waals surface area contributed by atoms with Crippen molar-refractivity contribution in [2.75, 3.05) is 19.6 Å². The molecule has 1 aliphatic rings. The minimum Gasteiger partial charge on any atom is -0.393 e. The Kier molecular flexibility index (Phi) is 4.13. The van der Waals surface area contributed by atoms with Crippen LogP contribution in [0.5, 0.6) is 0 Å². The Morgan fingerprint density at radius 3 is 2.71 bits per heavy atom. The molecule has 3 rings (SSSR count). The molecule has 0 saturated carbocycles. The van der Waals surface area contributed by atoms with E-state index >= 15 is 0 Å². The van der Waals surface area contributed by atoms with Crippen LogP contribution in [0, 0.1) is 0 Å². The number of aliphatic hydroxyl groups excluding tert-OH is 1. The molecule has 1 aliphatic heterocycles. The monoisotopic (exact) mass is 286 g/mol. The van der Waals surface area contributed by atoms with E-state index in [0.29, 0.717) is 18.0 Å². The van der Waals surface area contributed by atoms with E-state index in [1.807, 2.05) is 35.2 Å². The van der Waals surface area contributed by atoms with Crippen LogP contribution >= 0.6 is 0 Å². The highest BCUT2D eigenvalue weighted by Crippen LogP contribution is 2.20. The van der Waals surface area contributed by atoms with Crippen LogP contribution in [-0.2, 0) is 0 Å². The number of piperidine rings is 1. The van der Waals surface area contributed by atoms with Crippen molar-refractivity contribution in [3.8, 4) is 11.3 Å². The third-order valence-corrected chi connectivity index (χ3v) is 3.78. The van der Waals surface area contributed by atoms with Gasteiger partial charge in [-0.3, -0.25) is 9.69 Å². The summed E-state index contributed by atoms with van der Waals surface area (Å²) in [5, 5.41) is 13.3. The van der Waals surface area contributed by atoms with Crippen molar-refractivity contribution in [2.45, 2.75) is 18.9 Å². The normalized spacial score (nSPS) is 17.0. The number of carbonyl (C=O) groups excluding carboxylic acids is 1. The van der Waals surface area contributed by atoms with Crippen LogP contribution in [0.4, 0.5) is 0 Å². The predicted octanol–water partition coefficient (Wildman–Crippen LogP) is 1.98. The molecular weight excluding hydrogens is 268 g/mol. The van der Waals surface area contributed by atoms with E-state index in [1.54, 1.807) is 6.07 Å². The average molecular weight is 286 g/mol. The van der Waals surface area contributed by atoms with Crippen LogP contribution in [0.1, 0.15) is 23.3 Å². The van der Waals surface area contributed by atoms with Crippen molar-refractivity contribution >= 4 is 5.78 Å². The number of carbonyl (C=O) groups is 1. The Balaban J connectivity index is 1.64. The van der Waals surface area contributed by atoms with Crippen LogP contribution in [0.3, 0.4) is 0 Å². The maximum absolute atomic E-state index is 12.2. The molecule has 1 N–H and O–H groups in total. The number of likely N-dealkylation sites (tertiary alicyclic amines) is 1. The molecule has 1 aromatic heterocycles. The van der Waals surface area contributed by atoms with Crippen LogP contribution in [0.15, 0.2) is 40.9 Å². The summed E-state index contributed by atoms with van der Waals surface area (Å²) >= 11 is 0. The lowest BCUT2D eigenvalue weighted by Gasteiger charge is -2.28. The second-order valence-corrected chi connectivity index (χ2v) is 5.37. The molecule has 1 aromatic carbocycles. The summed E-state index contributed by atoms with van der Waals surface area (Å²) in [6.07, 6.45) is 1.22. The van der Waals surface area contributed by atoms with E-state index in [9.17, 15) is 9.90 Å². The zero-order valence-corrected chi connectivity index (χ0v) is 11.7. The molecule has 0 spiro atoms. The van der Waals surface area contributed by atoms with E-state index in [-0.39, 0.29) is 11.9 Å². The smallest absolute Gasteiger partial charge is 0.198 e. The molecular formula is C16H18N2O3. The second kappa shape index (κ2) is 6.20. The van der Waals surface area contributed by atoms with Crippen LogP contribution < -0.4 is 0 Å². The zero-order valence-electron chi connectivity index (χ0n) is 11.7. The third-order valence-electron chi connectivity index (χ3n) is 3.78. The molecule has 0 radical (unpaired) electrons. The van der Waals surface area contributed by atoms with E-state index in [0.717, 1.165) is 31.5 Å². The summed E-state index contributed by atoms with van der Waals surface area (Å²) in [6, 6.07) is 11.3. The van der Waals surface area contributed by atoms with Crippen molar-refractivity contribution in [1.82, 2.24) is 10.1 Å². The standard InChI is InChI=1S/C16H18N2O3/c19-13-6-8-18(9-7-13)11-15(20)14-10-16(21-17-14)12-4-2-1-3-5-12/h1-5,10,13,19H,6-9,11H2. The molecule has 5 nitrogen and oxygen atoms in total. The first-order chi connectivity index (χ1) is 10.2. The van der Waals surface area contributed by atoms with Crippen molar-refractivity contribution in [3.63, 3.8) is 0 Å². The fourth-order valence-corrected chi connectivity index (χ4v) is 2.51. The molecule has 110 valence electrons. The molecule has 2 heterocycles. The number of aromatic nitrogens is 1. The SMILES string of the molecule is O=C(CN1CCC(O)CC1)c1cc(-c2ccccc2)on1. The molecule has 2 aromatic rings. The number of hydrogen-bond acceptors (Lipinski definition) is 5. The number of benzene rings is 1. The minimum atomic E-state index is -0.229. The summed E-state index contributed by atoms with van der Waals surface area (Å²) in [4.78, 5) is 14.3. The minimum absolute atomic E-state index is 0.0441. The van der Waals surface area contributed by atoms with Gasteiger partial charge in [0.25, 0.3) is 0 Å². The number of rotatable bonds is 4. The fraction of sp³-hybridized carbons (Fsp3) is 0.375. The lowest BCUT2D eigenvalue weighted by Crippen LogP contribution is -2.39. The first kappa shape index (κ1) is 14.0. The lowest BCUT2D eigenvalue weighted by molar-refractivity contribution is 0.0706. The van der Waals surface area contributed by atoms with Gasteiger partial charge in [-0.1, -0.05) is 35.5 Å². The van der Waals surface area contributed by atoms with Crippen LogP contribution in [-0.4, -0.2) is 46.7 Å². The molecule has 1 saturated heterocycles. The van der Waals surface area contributed by atoms with Gasteiger partial charge in [0.05, 0.1) is 12.6 Å². The van der Waals surface area contributed by atoms with Gasteiger partial charge in [-0.15, -0.1) is 0 Å². The molecule has 5 heteroatoms. The Morgan fingerprint density at radius 2 is 2.00 bits per heavy atom. The lowest BCUT2D eigenvalue weighted by atomic mass is 10.1. The van der Waals surface area contributed by atoms with E-state index in [4.69, 9.17) is 4.52 Å². The van der Waals surface area contributed by atoms with Gasteiger partial charge in [-0.05, 0) is 12.8 Å². The molecule has 0 aliphatic carbocycles. The van der Waals surface area contributed by atoms with Gasteiger partial charge in [0.2, 0.25) is 0 Å². The largest absolute Gasteiger partial charge is 0.393 e. The summed E-state index contributed by atoms with van der Waals surface area (Å²) < 4.78 is 5.25. The molecule has 0 unspecified atom stereocenters. The van der Waals surface area contributed by atoms with Gasteiger partial charge in [0.1, 0.15) is 0 Å². The van der Waals surface area contributed by atoms with Crippen molar-refractivity contribution in [2.24, 2.45) is 0 Å². The van der Waals surface area contributed by atoms with Crippen LogP contribution in [0.25, 0.3) is 11.3 Å². The number of nitrogens with zero attached hydrogens (tertiary/aromatic N) is 2. The Bertz CT molecular complexity index is 601. The zero-order chi connectivity index (χ0) is 14.7. The quantitative estimate of drug-likeness (QED) is 0.871. The predicted molar refractivity (Wildman–Crippen MR) is 78.0 cm³/mol. The number of Topliss-reactive ketones (excluding diaryl/α,β-unsaturated/α-hetero) is 1. The molecule has 0 amide bonds. The van der Waals surface area contributed by atoms with Gasteiger partial charge in [-0.25, -0.2) is 0 Å². The van der Waals surface area contributed by atoms with Gasteiger partial charge in [-0.2, -0.15) is 0 Å². The summed E-state index contributed by atoms with van der Waals surface area (Å²) in [7, 11) is 0. The fourth-order valence-electron chi connectivity index (χ4n) is 2.51. The summed E-state index contributed by atoms with van der Waals surface area (Å²) in [5.74, 6) is 0.560. The van der Waals surface area contributed by atoms with Crippen LogP contribution in [0.2, 0.25) is 0 Å². The van der Waals surface area contributed by atoms with Gasteiger partial charge in [0.15, 0.2) is 17.2 Å². The maximum atomic E-state index is 12.2. The Labute approximate surface area is 123 Å². The summed E-state index contributed by atoms with van der Waals surface area (Å²) in [5.41, 5.74) is 1.27. The summed E-state index contributed by atoms with van der Waals surface area (Å²) in [6.45, 7) is 1.82. The van der Waals surface area contributed by atoms with Gasteiger partial charge >= 0.3 is 0 Å². The van der Waals surface area contributed by atoms with Crippen molar-refractivity contribution < 1.29 is 14.4 Å². The molecule has 1 fully saturated rings.